The molecule has 0 aliphatic rings. The number of hydrogen-bond acceptors (Lipinski definition) is 4. The number of hydrogen-bond donors (Lipinski definition) is 2. The molecule has 6 heteroatoms. The number of anilines is 2. The Balaban J connectivity index is 1.78. The van der Waals surface area contributed by atoms with E-state index in [1.54, 1.807) is 35.0 Å². The van der Waals surface area contributed by atoms with Crippen LogP contribution in [0.5, 0.6) is 0 Å². The fourth-order valence-corrected chi connectivity index (χ4v) is 3.15. The largest absolute Gasteiger partial charge is 0.320 e. The van der Waals surface area contributed by atoms with Crippen molar-refractivity contribution in [2.75, 3.05) is 10.6 Å². The van der Waals surface area contributed by atoms with Crippen molar-refractivity contribution in [3.63, 3.8) is 0 Å². The van der Waals surface area contributed by atoms with Gasteiger partial charge in [0, 0.05) is 10.8 Å². The van der Waals surface area contributed by atoms with Gasteiger partial charge in [0.2, 0.25) is 0 Å². The van der Waals surface area contributed by atoms with Gasteiger partial charge in [-0.25, -0.2) is 0 Å². The summed E-state index contributed by atoms with van der Waals surface area (Å²) < 4.78 is 0. The SMILES string of the molecule is O=C(Nc1ccccc1NC(=O)c1ccsc1)c1ccsc1. The zero-order valence-corrected chi connectivity index (χ0v) is 13.0. The maximum Gasteiger partial charge on any atom is 0.256 e. The van der Waals surface area contributed by atoms with Crippen LogP contribution in [0.3, 0.4) is 0 Å². The third-order valence-electron chi connectivity index (χ3n) is 2.99. The molecule has 0 saturated carbocycles. The lowest BCUT2D eigenvalue weighted by Crippen LogP contribution is -2.16. The number of para-hydroxylation sites is 2. The second-order valence-corrected chi connectivity index (χ2v) is 6.04. The monoisotopic (exact) mass is 328 g/mol. The Morgan fingerprint density at radius 2 is 1.18 bits per heavy atom. The standard InChI is InChI=1S/C16H12N2O2S2/c19-15(11-5-7-21-9-11)17-13-3-1-2-4-14(13)18-16(20)12-6-8-22-10-12/h1-10H,(H,17,19)(H,18,20). The van der Waals surface area contributed by atoms with E-state index < -0.39 is 0 Å². The summed E-state index contributed by atoms with van der Waals surface area (Å²) in [5.41, 5.74) is 2.34. The maximum absolute atomic E-state index is 12.1. The molecule has 0 unspecified atom stereocenters. The van der Waals surface area contributed by atoms with Crippen LogP contribution in [0.2, 0.25) is 0 Å². The minimum Gasteiger partial charge on any atom is -0.320 e. The Morgan fingerprint density at radius 3 is 1.55 bits per heavy atom. The predicted octanol–water partition coefficient (Wildman–Crippen LogP) is 4.31. The smallest absolute Gasteiger partial charge is 0.256 e. The van der Waals surface area contributed by atoms with Crippen molar-refractivity contribution in [3.8, 4) is 0 Å². The van der Waals surface area contributed by atoms with Crippen molar-refractivity contribution >= 4 is 45.9 Å². The number of benzene rings is 1. The summed E-state index contributed by atoms with van der Waals surface area (Å²) >= 11 is 2.92. The van der Waals surface area contributed by atoms with Crippen molar-refractivity contribution in [1.82, 2.24) is 0 Å². The van der Waals surface area contributed by atoms with E-state index >= 15 is 0 Å². The van der Waals surface area contributed by atoms with Crippen LogP contribution in [-0.4, -0.2) is 11.8 Å². The average molecular weight is 328 g/mol. The van der Waals surface area contributed by atoms with Gasteiger partial charge in [0.05, 0.1) is 22.5 Å². The first-order chi connectivity index (χ1) is 10.7. The predicted molar refractivity (Wildman–Crippen MR) is 91.0 cm³/mol. The van der Waals surface area contributed by atoms with Gasteiger partial charge in [0.25, 0.3) is 11.8 Å². The van der Waals surface area contributed by atoms with Crippen molar-refractivity contribution in [2.45, 2.75) is 0 Å². The molecule has 110 valence electrons. The number of amides is 2. The molecule has 0 radical (unpaired) electrons. The van der Waals surface area contributed by atoms with E-state index in [1.807, 2.05) is 22.9 Å². The van der Waals surface area contributed by atoms with Crippen LogP contribution in [0.1, 0.15) is 20.7 Å². The molecule has 0 aliphatic carbocycles. The highest BCUT2D eigenvalue weighted by Crippen LogP contribution is 2.23. The van der Waals surface area contributed by atoms with Crippen molar-refractivity contribution in [1.29, 1.82) is 0 Å². The number of nitrogens with one attached hydrogen (secondary N) is 2. The quantitative estimate of drug-likeness (QED) is 0.749. The molecule has 3 rings (SSSR count). The second-order valence-electron chi connectivity index (χ2n) is 4.48. The van der Waals surface area contributed by atoms with E-state index in [1.165, 1.54) is 22.7 Å². The summed E-state index contributed by atoms with van der Waals surface area (Å²) in [5, 5.41) is 12.9. The van der Waals surface area contributed by atoms with Gasteiger partial charge in [-0.3, -0.25) is 9.59 Å². The zero-order valence-electron chi connectivity index (χ0n) is 11.4. The molecule has 4 nitrogen and oxygen atoms in total. The molecule has 1 aromatic carbocycles. The average Bonchev–Trinajstić information content (AvgIpc) is 3.23. The highest BCUT2D eigenvalue weighted by Gasteiger charge is 2.12. The van der Waals surface area contributed by atoms with Crippen LogP contribution in [-0.2, 0) is 0 Å². The van der Waals surface area contributed by atoms with Crippen LogP contribution >= 0.6 is 22.7 Å². The minimum atomic E-state index is -0.196. The Morgan fingerprint density at radius 1 is 0.727 bits per heavy atom. The van der Waals surface area contributed by atoms with Crippen LogP contribution < -0.4 is 10.6 Å². The summed E-state index contributed by atoms with van der Waals surface area (Å²) in [4.78, 5) is 24.3. The normalized spacial score (nSPS) is 10.2. The fraction of sp³-hybridized carbons (Fsp3) is 0. The molecule has 2 aromatic heterocycles. The van der Waals surface area contributed by atoms with Gasteiger partial charge >= 0.3 is 0 Å². The van der Waals surface area contributed by atoms with Gasteiger partial charge in [-0.2, -0.15) is 22.7 Å². The molecule has 0 aliphatic heterocycles. The van der Waals surface area contributed by atoms with Gasteiger partial charge < -0.3 is 10.6 Å². The third kappa shape index (κ3) is 3.24. The van der Waals surface area contributed by atoms with Crippen LogP contribution in [0.15, 0.2) is 57.9 Å². The number of rotatable bonds is 4. The first-order valence-corrected chi connectivity index (χ1v) is 8.39. The first-order valence-electron chi connectivity index (χ1n) is 6.50. The van der Waals surface area contributed by atoms with E-state index in [2.05, 4.69) is 10.6 Å². The minimum absolute atomic E-state index is 0.196. The summed E-state index contributed by atoms with van der Waals surface area (Å²) in [6.07, 6.45) is 0. The highest BCUT2D eigenvalue weighted by molar-refractivity contribution is 7.08. The summed E-state index contributed by atoms with van der Waals surface area (Å²) in [6, 6.07) is 10.6. The van der Waals surface area contributed by atoms with Gasteiger partial charge in [-0.15, -0.1) is 0 Å². The highest BCUT2D eigenvalue weighted by atomic mass is 32.1. The van der Waals surface area contributed by atoms with Crippen molar-refractivity contribution < 1.29 is 9.59 Å². The molecule has 0 atom stereocenters. The van der Waals surface area contributed by atoms with Crippen molar-refractivity contribution in [2.24, 2.45) is 0 Å². The molecule has 2 amide bonds. The third-order valence-corrected chi connectivity index (χ3v) is 4.36. The number of carbonyl (C=O) groups excluding carboxylic acids is 2. The Hall–Kier alpha value is -2.44. The van der Waals surface area contributed by atoms with Gasteiger partial charge in [0.15, 0.2) is 0 Å². The fourth-order valence-electron chi connectivity index (χ4n) is 1.88. The number of carbonyl (C=O) groups is 2. The van der Waals surface area contributed by atoms with Crippen LogP contribution in [0.25, 0.3) is 0 Å². The van der Waals surface area contributed by atoms with E-state index in [0.29, 0.717) is 22.5 Å². The molecule has 22 heavy (non-hydrogen) atoms. The van der Waals surface area contributed by atoms with Crippen LogP contribution in [0, 0.1) is 0 Å². The van der Waals surface area contributed by atoms with Gasteiger partial charge in [0.1, 0.15) is 0 Å². The zero-order chi connectivity index (χ0) is 15.4. The van der Waals surface area contributed by atoms with Crippen LogP contribution in [0.4, 0.5) is 11.4 Å². The summed E-state index contributed by atoms with van der Waals surface area (Å²) in [6.45, 7) is 0. The first kappa shape index (κ1) is 14.5. The summed E-state index contributed by atoms with van der Waals surface area (Å²) in [7, 11) is 0. The molecule has 3 aromatic rings. The van der Waals surface area contributed by atoms with Crippen molar-refractivity contribution in [3.05, 3.63) is 69.0 Å². The van der Waals surface area contributed by atoms with E-state index in [4.69, 9.17) is 0 Å². The number of thiophene rings is 2. The van der Waals surface area contributed by atoms with E-state index in [0.717, 1.165) is 0 Å². The Labute approximate surface area is 135 Å². The topological polar surface area (TPSA) is 58.2 Å². The maximum atomic E-state index is 12.1. The second kappa shape index (κ2) is 6.55. The lowest BCUT2D eigenvalue weighted by Gasteiger charge is -2.11. The van der Waals surface area contributed by atoms with E-state index in [9.17, 15) is 9.59 Å². The lowest BCUT2D eigenvalue weighted by atomic mass is 10.2. The lowest BCUT2D eigenvalue weighted by molar-refractivity contribution is 0.101. The molecule has 2 heterocycles. The molecule has 0 spiro atoms. The van der Waals surface area contributed by atoms with Gasteiger partial charge in [-0.1, -0.05) is 12.1 Å². The molecule has 2 N–H and O–H groups in total. The summed E-state index contributed by atoms with van der Waals surface area (Å²) in [5.74, 6) is -0.392. The van der Waals surface area contributed by atoms with Gasteiger partial charge in [-0.05, 0) is 35.0 Å². The molecule has 0 saturated heterocycles. The Bertz CT molecular complexity index is 713. The molecule has 0 bridgehead atoms. The molecule has 0 fully saturated rings. The molecular weight excluding hydrogens is 316 g/mol. The molecular formula is C16H12N2O2S2. The Kier molecular flexibility index (Phi) is 4.32. The van der Waals surface area contributed by atoms with E-state index in [-0.39, 0.29) is 11.8 Å².